The van der Waals surface area contributed by atoms with Crippen molar-refractivity contribution in [2.45, 2.75) is 64.2 Å². The van der Waals surface area contributed by atoms with E-state index in [0.717, 1.165) is 30.2 Å². The second-order valence-electron chi connectivity index (χ2n) is 6.32. The van der Waals surface area contributed by atoms with Gasteiger partial charge < -0.3 is 4.90 Å². The van der Waals surface area contributed by atoms with Crippen molar-refractivity contribution in [3.05, 3.63) is 17.0 Å². The fourth-order valence-corrected chi connectivity index (χ4v) is 4.58. The zero-order valence-electron chi connectivity index (χ0n) is 14.6. The van der Waals surface area contributed by atoms with Crippen LogP contribution in [0.1, 0.15) is 49.6 Å². The first-order valence-corrected chi connectivity index (χ1v) is 9.35. The van der Waals surface area contributed by atoms with E-state index in [-0.39, 0.29) is 5.91 Å². The zero-order chi connectivity index (χ0) is 16.3. The molecule has 0 N–H and O–H groups in total. The number of rotatable bonds is 6. The fraction of sp³-hybridized carbons (Fsp3) is 0.765. The van der Waals surface area contributed by atoms with Crippen molar-refractivity contribution >= 4 is 17.7 Å². The summed E-state index contributed by atoms with van der Waals surface area (Å²) in [5, 5.41) is 5.17. The molecule has 1 heterocycles. The van der Waals surface area contributed by atoms with Crippen molar-refractivity contribution < 1.29 is 4.79 Å². The lowest BCUT2D eigenvalue weighted by Crippen LogP contribution is -2.35. The molecule has 0 bridgehead atoms. The van der Waals surface area contributed by atoms with Crippen LogP contribution in [-0.4, -0.2) is 44.7 Å². The number of thioether (sulfide) groups is 1. The monoisotopic (exact) mass is 323 g/mol. The minimum atomic E-state index is 0.273. The summed E-state index contributed by atoms with van der Waals surface area (Å²) in [6.45, 7) is 6.32. The predicted molar refractivity (Wildman–Crippen MR) is 93.3 cm³/mol. The Bertz CT molecular complexity index is 526. The molecule has 0 spiro atoms. The predicted octanol–water partition coefficient (Wildman–Crippen LogP) is 3.10. The van der Waals surface area contributed by atoms with Crippen LogP contribution < -0.4 is 0 Å². The zero-order valence-corrected chi connectivity index (χ0v) is 15.4. The SMILES string of the molecule is CCS[C@@H]1CC[C@H](N(C)C(=O)CCc2c(C)nn(C)c2C)C1. The molecule has 1 aliphatic rings. The van der Waals surface area contributed by atoms with E-state index in [1.165, 1.54) is 23.4 Å². The largest absolute Gasteiger partial charge is 0.343 e. The summed E-state index contributed by atoms with van der Waals surface area (Å²) in [6.07, 6.45) is 4.96. The molecule has 0 unspecified atom stereocenters. The standard InChI is InChI=1S/C17H29N3OS/c1-6-22-15-8-7-14(11-15)19(4)17(21)10-9-16-12(2)18-20(5)13(16)3/h14-15H,6-11H2,1-5H3/t14-,15+/m0/s1. The number of hydrogen-bond donors (Lipinski definition) is 0. The van der Waals surface area contributed by atoms with Crippen LogP contribution in [0.3, 0.4) is 0 Å². The summed E-state index contributed by atoms with van der Waals surface area (Å²) in [5.41, 5.74) is 3.46. The minimum Gasteiger partial charge on any atom is -0.343 e. The van der Waals surface area contributed by atoms with Crippen LogP contribution in [-0.2, 0) is 18.3 Å². The average Bonchev–Trinajstić information content (AvgIpc) is 3.03. The Hall–Kier alpha value is -0.970. The number of hydrogen-bond acceptors (Lipinski definition) is 3. The third-order valence-corrected chi connectivity index (χ3v) is 6.18. The molecule has 0 saturated heterocycles. The molecule has 0 aliphatic heterocycles. The molecular weight excluding hydrogens is 294 g/mol. The smallest absolute Gasteiger partial charge is 0.222 e. The highest BCUT2D eigenvalue weighted by molar-refractivity contribution is 7.99. The molecule has 5 heteroatoms. The van der Waals surface area contributed by atoms with E-state index in [4.69, 9.17) is 0 Å². The quantitative estimate of drug-likeness (QED) is 0.807. The fourth-order valence-electron chi connectivity index (χ4n) is 3.45. The van der Waals surface area contributed by atoms with Crippen molar-refractivity contribution in [3.8, 4) is 0 Å². The Balaban J connectivity index is 1.87. The second kappa shape index (κ2) is 7.53. The van der Waals surface area contributed by atoms with Crippen LogP contribution in [0.2, 0.25) is 0 Å². The Kier molecular flexibility index (Phi) is 5.95. The Labute approximate surface area is 138 Å². The van der Waals surface area contributed by atoms with E-state index in [0.29, 0.717) is 12.5 Å². The van der Waals surface area contributed by atoms with Crippen LogP contribution >= 0.6 is 11.8 Å². The summed E-state index contributed by atoms with van der Waals surface area (Å²) in [6, 6.07) is 0.438. The van der Waals surface area contributed by atoms with Crippen LogP contribution in [0.25, 0.3) is 0 Å². The highest BCUT2D eigenvalue weighted by Gasteiger charge is 2.29. The van der Waals surface area contributed by atoms with Gasteiger partial charge in [0.05, 0.1) is 5.69 Å². The van der Waals surface area contributed by atoms with Crippen LogP contribution in [0.4, 0.5) is 0 Å². The molecule has 1 aromatic rings. The Morgan fingerprint density at radius 2 is 2.14 bits per heavy atom. The van der Waals surface area contributed by atoms with Crippen molar-refractivity contribution in [2.75, 3.05) is 12.8 Å². The van der Waals surface area contributed by atoms with E-state index < -0.39 is 0 Å². The Morgan fingerprint density at radius 3 is 2.73 bits per heavy atom. The van der Waals surface area contributed by atoms with Gasteiger partial charge in [-0.15, -0.1) is 0 Å². The van der Waals surface area contributed by atoms with Crippen molar-refractivity contribution in [3.63, 3.8) is 0 Å². The maximum absolute atomic E-state index is 12.5. The maximum Gasteiger partial charge on any atom is 0.222 e. The van der Waals surface area contributed by atoms with Gasteiger partial charge >= 0.3 is 0 Å². The highest BCUT2D eigenvalue weighted by atomic mass is 32.2. The van der Waals surface area contributed by atoms with Gasteiger partial charge in [-0.3, -0.25) is 9.48 Å². The first kappa shape index (κ1) is 17.4. The number of nitrogens with zero attached hydrogens (tertiary/aromatic N) is 3. The third kappa shape index (κ3) is 3.86. The molecule has 1 aromatic heterocycles. The summed E-state index contributed by atoms with van der Waals surface area (Å²) >= 11 is 2.04. The summed E-state index contributed by atoms with van der Waals surface area (Å²) in [7, 11) is 3.94. The summed E-state index contributed by atoms with van der Waals surface area (Å²) in [5.74, 6) is 1.45. The van der Waals surface area contributed by atoms with Crippen molar-refractivity contribution in [1.82, 2.24) is 14.7 Å². The number of carbonyl (C=O) groups excluding carboxylic acids is 1. The first-order chi connectivity index (χ1) is 10.4. The molecule has 0 radical (unpaired) electrons. The van der Waals surface area contributed by atoms with E-state index in [1.807, 2.05) is 42.4 Å². The molecule has 4 nitrogen and oxygen atoms in total. The van der Waals surface area contributed by atoms with Gasteiger partial charge in [0.1, 0.15) is 0 Å². The minimum absolute atomic E-state index is 0.273. The lowest BCUT2D eigenvalue weighted by atomic mass is 10.1. The topological polar surface area (TPSA) is 38.1 Å². The number of aromatic nitrogens is 2. The van der Waals surface area contributed by atoms with Crippen molar-refractivity contribution in [2.24, 2.45) is 7.05 Å². The number of aryl methyl sites for hydroxylation is 2. The third-order valence-electron chi connectivity index (χ3n) is 4.95. The van der Waals surface area contributed by atoms with Crippen LogP contribution in [0, 0.1) is 13.8 Å². The van der Waals surface area contributed by atoms with Gasteiger partial charge in [0.15, 0.2) is 0 Å². The average molecular weight is 324 g/mol. The molecular formula is C17H29N3OS. The van der Waals surface area contributed by atoms with Crippen molar-refractivity contribution in [1.29, 1.82) is 0 Å². The van der Waals surface area contributed by atoms with Crippen LogP contribution in [0.5, 0.6) is 0 Å². The number of amides is 1. The molecule has 124 valence electrons. The normalized spacial score (nSPS) is 21.3. The molecule has 2 rings (SSSR count). The van der Waals surface area contributed by atoms with Gasteiger partial charge in [-0.1, -0.05) is 6.92 Å². The summed E-state index contributed by atoms with van der Waals surface area (Å²) < 4.78 is 1.91. The van der Waals surface area contributed by atoms with E-state index in [2.05, 4.69) is 18.9 Å². The molecule has 1 aliphatic carbocycles. The molecule has 22 heavy (non-hydrogen) atoms. The highest BCUT2D eigenvalue weighted by Crippen LogP contribution is 2.32. The summed E-state index contributed by atoms with van der Waals surface area (Å²) in [4.78, 5) is 14.5. The number of carbonyl (C=O) groups is 1. The van der Waals surface area contributed by atoms with Gasteiger partial charge in [-0.25, -0.2) is 0 Å². The lowest BCUT2D eigenvalue weighted by molar-refractivity contribution is -0.131. The molecule has 1 saturated carbocycles. The van der Waals surface area contributed by atoms with Gasteiger partial charge in [0.2, 0.25) is 5.91 Å². The molecule has 1 amide bonds. The van der Waals surface area contributed by atoms with Gasteiger partial charge in [0, 0.05) is 37.5 Å². The Morgan fingerprint density at radius 1 is 1.41 bits per heavy atom. The van der Waals surface area contributed by atoms with Gasteiger partial charge in [-0.05, 0) is 50.8 Å². The molecule has 0 aromatic carbocycles. The van der Waals surface area contributed by atoms with E-state index in [1.54, 1.807) is 0 Å². The lowest BCUT2D eigenvalue weighted by Gasteiger charge is -2.25. The van der Waals surface area contributed by atoms with E-state index in [9.17, 15) is 4.79 Å². The van der Waals surface area contributed by atoms with Crippen LogP contribution in [0.15, 0.2) is 0 Å². The van der Waals surface area contributed by atoms with E-state index >= 15 is 0 Å². The van der Waals surface area contributed by atoms with Gasteiger partial charge in [0.25, 0.3) is 0 Å². The maximum atomic E-state index is 12.5. The molecule has 2 atom stereocenters. The second-order valence-corrected chi connectivity index (χ2v) is 7.90. The molecule has 1 fully saturated rings. The van der Waals surface area contributed by atoms with Gasteiger partial charge in [-0.2, -0.15) is 16.9 Å². The first-order valence-electron chi connectivity index (χ1n) is 8.30.